The fourth-order valence-corrected chi connectivity index (χ4v) is 3.40. The van der Waals surface area contributed by atoms with Crippen molar-refractivity contribution >= 4 is 18.4 Å². The van der Waals surface area contributed by atoms with Gasteiger partial charge in [-0.25, -0.2) is 5.10 Å². The number of methoxy groups -OCH3 is 1. The van der Waals surface area contributed by atoms with E-state index in [1.165, 1.54) is 0 Å². The molecule has 33 heavy (non-hydrogen) atoms. The van der Waals surface area contributed by atoms with Crippen LogP contribution in [0, 0.1) is 4.77 Å². The third-order valence-electron chi connectivity index (χ3n) is 4.80. The second kappa shape index (κ2) is 10.6. The normalized spacial score (nSPS) is 11.0. The summed E-state index contributed by atoms with van der Waals surface area (Å²) in [5.74, 6) is 2.63. The molecule has 0 radical (unpaired) electrons. The fourth-order valence-electron chi connectivity index (χ4n) is 3.22. The lowest BCUT2D eigenvalue weighted by atomic mass is 10.2. The lowest BCUT2D eigenvalue weighted by molar-refractivity contribution is 0.284. The number of hydrogen-bond donors (Lipinski definition) is 1. The molecule has 8 heteroatoms. The summed E-state index contributed by atoms with van der Waals surface area (Å²) >= 11 is 5.39. The van der Waals surface area contributed by atoms with Crippen LogP contribution in [0.4, 0.5) is 0 Å². The Bertz CT molecular complexity index is 1300. The van der Waals surface area contributed by atoms with Gasteiger partial charge >= 0.3 is 0 Å². The first-order valence-corrected chi connectivity index (χ1v) is 10.9. The maximum absolute atomic E-state index is 6.00. The maximum Gasteiger partial charge on any atom is 0.216 e. The number of hydrogen-bond acceptors (Lipinski definition) is 6. The number of nitrogens with one attached hydrogen (secondary N) is 1. The van der Waals surface area contributed by atoms with Gasteiger partial charge in [-0.15, -0.1) is 0 Å². The minimum absolute atomic E-state index is 0.386. The van der Waals surface area contributed by atoms with Crippen molar-refractivity contribution in [2.24, 2.45) is 5.10 Å². The summed E-state index contributed by atoms with van der Waals surface area (Å²) in [5.41, 5.74) is 2.74. The van der Waals surface area contributed by atoms with E-state index in [4.69, 9.17) is 26.4 Å². The summed E-state index contributed by atoms with van der Waals surface area (Å²) < 4.78 is 19.0. The van der Waals surface area contributed by atoms with Crippen LogP contribution >= 0.6 is 12.2 Å². The topological polar surface area (TPSA) is 73.7 Å². The second-order valence-corrected chi connectivity index (χ2v) is 7.44. The summed E-state index contributed by atoms with van der Waals surface area (Å²) in [4.78, 5) is 0. The second-order valence-electron chi connectivity index (χ2n) is 7.05. The van der Waals surface area contributed by atoms with Crippen LogP contribution in [0.25, 0.3) is 11.4 Å². The van der Waals surface area contributed by atoms with E-state index in [9.17, 15) is 0 Å². The molecule has 1 N–H and O–H groups in total. The van der Waals surface area contributed by atoms with Crippen molar-refractivity contribution < 1.29 is 14.2 Å². The van der Waals surface area contributed by atoms with Gasteiger partial charge in [-0.05, 0) is 60.6 Å². The summed E-state index contributed by atoms with van der Waals surface area (Å²) in [7, 11) is 1.62. The van der Waals surface area contributed by atoms with Crippen molar-refractivity contribution in [3.63, 3.8) is 0 Å². The van der Waals surface area contributed by atoms with E-state index < -0.39 is 0 Å². The van der Waals surface area contributed by atoms with E-state index in [0.717, 1.165) is 22.4 Å². The van der Waals surface area contributed by atoms with Gasteiger partial charge in [-0.3, -0.25) is 0 Å². The van der Waals surface area contributed by atoms with Crippen molar-refractivity contribution in [3.8, 4) is 28.6 Å². The molecule has 168 valence electrons. The minimum atomic E-state index is 0.386. The number of aromatic amines is 1. The van der Waals surface area contributed by atoms with E-state index in [1.54, 1.807) is 18.0 Å². The third-order valence-corrected chi connectivity index (χ3v) is 5.07. The summed E-state index contributed by atoms with van der Waals surface area (Å²) in [6, 6.07) is 23.2. The Morgan fingerprint density at radius 3 is 2.64 bits per heavy atom. The molecule has 3 aromatic carbocycles. The molecule has 0 atom stereocenters. The molecular formula is C25H24N4O3S. The van der Waals surface area contributed by atoms with E-state index >= 15 is 0 Å². The molecule has 0 saturated heterocycles. The lowest BCUT2D eigenvalue weighted by Crippen LogP contribution is -1.99. The Balaban J connectivity index is 1.59. The lowest BCUT2D eigenvalue weighted by Gasteiger charge is -2.11. The third kappa shape index (κ3) is 5.48. The molecule has 0 aliphatic heterocycles. The van der Waals surface area contributed by atoms with E-state index in [1.807, 2.05) is 79.7 Å². The van der Waals surface area contributed by atoms with Crippen LogP contribution in [0.1, 0.15) is 18.1 Å². The molecule has 0 aliphatic rings. The number of H-pyrrole nitrogens is 1. The first kappa shape index (κ1) is 22.3. The largest absolute Gasteiger partial charge is 0.494 e. The highest BCUT2D eigenvalue weighted by Gasteiger charge is 2.10. The molecule has 0 spiro atoms. The Labute approximate surface area is 197 Å². The predicted octanol–water partition coefficient (Wildman–Crippen LogP) is 5.48. The molecule has 0 bridgehead atoms. The van der Waals surface area contributed by atoms with Crippen molar-refractivity contribution in [2.45, 2.75) is 13.5 Å². The zero-order valence-corrected chi connectivity index (χ0v) is 19.2. The molecule has 4 rings (SSSR count). The Kier molecular flexibility index (Phi) is 7.16. The number of aromatic nitrogens is 3. The van der Waals surface area contributed by atoms with Gasteiger partial charge < -0.3 is 14.2 Å². The predicted molar refractivity (Wildman–Crippen MR) is 131 cm³/mol. The molecular weight excluding hydrogens is 436 g/mol. The van der Waals surface area contributed by atoms with Gasteiger partial charge in [-0.1, -0.05) is 42.5 Å². The molecule has 0 aliphatic carbocycles. The molecule has 0 saturated carbocycles. The summed E-state index contributed by atoms with van der Waals surface area (Å²) in [6.45, 7) is 2.96. The van der Waals surface area contributed by atoms with Crippen molar-refractivity contribution in [2.75, 3.05) is 13.7 Å². The first-order chi connectivity index (χ1) is 16.2. The van der Waals surface area contributed by atoms with Gasteiger partial charge in [-0.2, -0.15) is 14.9 Å². The quantitative estimate of drug-likeness (QED) is 0.265. The summed E-state index contributed by atoms with van der Waals surface area (Å²) in [6.07, 6.45) is 1.70. The van der Waals surface area contributed by atoms with Crippen molar-refractivity contribution in [3.05, 3.63) is 88.7 Å². The zero-order chi connectivity index (χ0) is 23.0. The van der Waals surface area contributed by atoms with Gasteiger partial charge in [0.05, 0.1) is 19.9 Å². The van der Waals surface area contributed by atoms with Crippen LogP contribution in [0.5, 0.6) is 17.2 Å². The minimum Gasteiger partial charge on any atom is -0.494 e. The molecule has 0 unspecified atom stereocenters. The average Bonchev–Trinajstić information content (AvgIpc) is 3.22. The number of benzene rings is 3. The van der Waals surface area contributed by atoms with Crippen LogP contribution in [0.2, 0.25) is 0 Å². The molecule has 4 aromatic rings. The highest BCUT2D eigenvalue weighted by atomic mass is 32.1. The van der Waals surface area contributed by atoms with Gasteiger partial charge in [0.15, 0.2) is 17.3 Å². The maximum atomic E-state index is 6.00. The Morgan fingerprint density at radius 1 is 1.00 bits per heavy atom. The van der Waals surface area contributed by atoms with Gasteiger partial charge in [0.25, 0.3) is 0 Å². The standard InChI is InChI=1S/C25H24N4O3S/c1-3-31-21-11-7-10-20(15-21)24-27-28-25(33)29(24)26-16-19-12-13-22(30-2)23(14-19)32-17-18-8-5-4-6-9-18/h4-16H,3,17H2,1-2H3,(H,28,33). The SMILES string of the molecule is CCOc1cccc(-c2n[nH]c(=S)n2N=Cc2ccc(OC)c(OCc3ccccc3)c2)c1. The first-order valence-electron chi connectivity index (χ1n) is 10.5. The van der Waals surface area contributed by atoms with Crippen LogP contribution in [0.3, 0.4) is 0 Å². The van der Waals surface area contributed by atoms with E-state index in [0.29, 0.717) is 35.3 Å². The van der Waals surface area contributed by atoms with Crippen molar-refractivity contribution in [1.82, 2.24) is 14.9 Å². The Morgan fingerprint density at radius 2 is 1.85 bits per heavy atom. The molecule has 0 amide bonds. The molecule has 1 heterocycles. The van der Waals surface area contributed by atoms with Crippen LogP contribution < -0.4 is 14.2 Å². The zero-order valence-electron chi connectivity index (χ0n) is 18.4. The van der Waals surface area contributed by atoms with Crippen LogP contribution in [0.15, 0.2) is 77.9 Å². The van der Waals surface area contributed by atoms with Gasteiger partial charge in [0.1, 0.15) is 12.4 Å². The van der Waals surface area contributed by atoms with Crippen LogP contribution in [-0.4, -0.2) is 34.8 Å². The number of nitrogens with zero attached hydrogens (tertiary/aromatic N) is 3. The fraction of sp³-hybridized carbons (Fsp3) is 0.160. The van der Waals surface area contributed by atoms with Crippen molar-refractivity contribution in [1.29, 1.82) is 0 Å². The average molecular weight is 461 g/mol. The molecule has 7 nitrogen and oxygen atoms in total. The molecule has 1 aromatic heterocycles. The monoisotopic (exact) mass is 460 g/mol. The number of ether oxygens (including phenoxy) is 3. The molecule has 0 fully saturated rings. The smallest absolute Gasteiger partial charge is 0.216 e. The highest BCUT2D eigenvalue weighted by molar-refractivity contribution is 7.71. The Hall–Kier alpha value is -3.91. The van der Waals surface area contributed by atoms with E-state index in [2.05, 4.69) is 15.3 Å². The number of rotatable bonds is 9. The van der Waals surface area contributed by atoms with Crippen LogP contribution in [-0.2, 0) is 6.61 Å². The van der Waals surface area contributed by atoms with E-state index in [-0.39, 0.29) is 0 Å². The van der Waals surface area contributed by atoms with Gasteiger partial charge in [0.2, 0.25) is 4.77 Å². The highest BCUT2D eigenvalue weighted by Crippen LogP contribution is 2.28. The summed E-state index contributed by atoms with van der Waals surface area (Å²) in [5, 5.41) is 11.7. The van der Waals surface area contributed by atoms with Gasteiger partial charge in [0, 0.05) is 5.56 Å².